The summed E-state index contributed by atoms with van der Waals surface area (Å²) in [4.78, 5) is 16.3. The Morgan fingerprint density at radius 3 is 2.55 bits per heavy atom. The van der Waals surface area contributed by atoms with E-state index in [1.807, 2.05) is 6.07 Å². The molecule has 20 heavy (non-hydrogen) atoms. The minimum atomic E-state index is -2.91. The first-order valence-electron chi connectivity index (χ1n) is 5.49. The first kappa shape index (κ1) is 14.1. The molecular formula is C13H8F2N2O2S. The maximum absolute atomic E-state index is 12.1. The Kier molecular flexibility index (Phi) is 4.38. The third kappa shape index (κ3) is 3.16. The van der Waals surface area contributed by atoms with Crippen LogP contribution < -0.4 is 4.74 Å². The van der Waals surface area contributed by atoms with Gasteiger partial charge in [-0.15, -0.1) is 11.3 Å². The smallest absolute Gasteiger partial charge is 0.387 e. The van der Waals surface area contributed by atoms with Crippen LogP contribution in [-0.2, 0) is 0 Å². The Morgan fingerprint density at radius 1 is 1.35 bits per heavy atom. The molecule has 102 valence electrons. The molecule has 0 aliphatic heterocycles. The van der Waals surface area contributed by atoms with Crippen molar-refractivity contribution in [1.29, 1.82) is 5.26 Å². The number of ketones is 1. The number of rotatable bonds is 5. The number of carbonyl (C=O) groups is 1. The van der Waals surface area contributed by atoms with E-state index < -0.39 is 12.5 Å². The summed E-state index contributed by atoms with van der Waals surface area (Å²) in [5.74, 6) is -1.38. The van der Waals surface area contributed by atoms with Crippen LogP contribution in [0.15, 0.2) is 36.0 Å². The van der Waals surface area contributed by atoms with Gasteiger partial charge in [-0.05, 0) is 17.7 Å². The fourth-order valence-corrected chi connectivity index (χ4v) is 2.20. The van der Waals surface area contributed by atoms with Gasteiger partial charge in [-0.2, -0.15) is 14.0 Å². The number of thiazole rings is 1. The highest BCUT2D eigenvalue weighted by Crippen LogP contribution is 2.24. The molecular weight excluding hydrogens is 286 g/mol. The van der Waals surface area contributed by atoms with Gasteiger partial charge in [-0.1, -0.05) is 12.1 Å². The molecule has 0 N–H and O–H groups in total. The fourth-order valence-electron chi connectivity index (χ4n) is 1.61. The summed E-state index contributed by atoms with van der Waals surface area (Å²) < 4.78 is 28.3. The normalized spacial score (nSPS) is 11.9. The van der Waals surface area contributed by atoms with Crippen molar-refractivity contribution in [3.8, 4) is 11.8 Å². The Morgan fingerprint density at radius 2 is 2.05 bits per heavy atom. The lowest BCUT2D eigenvalue weighted by atomic mass is 9.95. The van der Waals surface area contributed by atoms with Crippen LogP contribution in [0.5, 0.6) is 5.75 Å². The van der Waals surface area contributed by atoms with E-state index in [0.29, 0.717) is 10.4 Å². The molecule has 0 bridgehead atoms. The number of aromatic nitrogens is 1. The average Bonchev–Trinajstić information content (AvgIpc) is 2.94. The van der Waals surface area contributed by atoms with Gasteiger partial charge in [0, 0.05) is 6.20 Å². The zero-order valence-electron chi connectivity index (χ0n) is 9.99. The van der Waals surface area contributed by atoms with Crippen LogP contribution in [0.4, 0.5) is 8.78 Å². The van der Waals surface area contributed by atoms with Gasteiger partial charge in [0.25, 0.3) is 0 Å². The van der Waals surface area contributed by atoms with Gasteiger partial charge in [-0.3, -0.25) is 9.78 Å². The average molecular weight is 294 g/mol. The van der Waals surface area contributed by atoms with E-state index in [1.54, 1.807) is 0 Å². The predicted molar refractivity (Wildman–Crippen MR) is 67.9 cm³/mol. The maximum atomic E-state index is 12.1. The van der Waals surface area contributed by atoms with Gasteiger partial charge in [-0.25, -0.2) is 0 Å². The lowest BCUT2D eigenvalue weighted by molar-refractivity contribution is -0.0498. The highest BCUT2D eigenvalue weighted by Gasteiger charge is 2.23. The van der Waals surface area contributed by atoms with E-state index in [9.17, 15) is 13.6 Å². The van der Waals surface area contributed by atoms with Gasteiger partial charge in [0.05, 0.1) is 16.5 Å². The lowest BCUT2D eigenvalue weighted by Crippen LogP contribution is -2.10. The van der Waals surface area contributed by atoms with Gasteiger partial charge in [0.2, 0.25) is 0 Å². The van der Waals surface area contributed by atoms with Crippen molar-refractivity contribution in [2.45, 2.75) is 12.5 Å². The molecule has 7 heteroatoms. The molecule has 0 aliphatic rings. The zero-order valence-corrected chi connectivity index (χ0v) is 10.8. The zero-order chi connectivity index (χ0) is 14.5. The van der Waals surface area contributed by atoms with Crippen LogP contribution in [0.2, 0.25) is 0 Å². The minimum Gasteiger partial charge on any atom is -0.435 e. The molecule has 1 atom stereocenters. The fraction of sp³-hybridized carbons (Fsp3) is 0.154. The van der Waals surface area contributed by atoms with Crippen molar-refractivity contribution in [1.82, 2.24) is 4.98 Å². The number of halogens is 2. The van der Waals surface area contributed by atoms with Gasteiger partial charge in [0.1, 0.15) is 11.7 Å². The molecule has 0 radical (unpaired) electrons. The summed E-state index contributed by atoms with van der Waals surface area (Å²) in [5.41, 5.74) is 1.92. The molecule has 0 saturated heterocycles. The van der Waals surface area contributed by atoms with Crippen LogP contribution in [-0.4, -0.2) is 17.4 Å². The third-order valence-corrected chi connectivity index (χ3v) is 3.29. The van der Waals surface area contributed by atoms with Crippen LogP contribution in [0.25, 0.3) is 0 Å². The monoisotopic (exact) mass is 294 g/mol. The van der Waals surface area contributed by atoms with Crippen molar-refractivity contribution in [3.05, 3.63) is 46.4 Å². The third-order valence-electron chi connectivity index (χ3n) is 2.51. The number of alkyl halides is 2. The van der Waals surface area contributed by atoms with Crippen LogP contribution in [0.1, 0.15) is 21.2 Å². The van der Waals surface area contributed by atoms with Gasteiger partial charge in [0.15, 0.2) is 5.78 Å². The lowest BCUT2D eigenvalue weighted by Gasteiger charge is -2.09. The quantitative estimate of drug-likeness (QED) is 0.794. The van der Waals surface area contributed by atoms with Gasteiger partial charge < -0.3 is 4.74 Å². The van der Waals surface area contributed by atoms with Crippen molar-refractivity contribution in [3.63, 3.8) is 0 Å². The van der Waals surface area contributed by atoms with Crippen molar-refractivity contribution >= 4 is 17.1 Å². The van der Waals surface area contributed by atoms with Gasteiger partial charge >= 0.3 is 6.61 Å². The van der Waals surface area contributed by atoms with E-state index in [1.165, 1.54) is 36.0 Å². The second kappa shape index (κ2) is 6.21. The Balaban J connectivity index is 2.20. The topological polar surface area (TPSA) is 63.0 Å². The minimum absolute atomic E-state index is 0.0225. The molecule has 1 aromatic carbocycles. The molecule has 1 heterocycles. The number of nitrogens with zero attached hydrogens (tertiary/aromatic N) is 2. The first-order chi connectivity index (χ1) is 9.61. The van der Waals surface area contributed by atoms with E-state index in [2.05, 4.69) is 9.72 Å². The van der Waals surface area contributed by atoms with E-state index >= 15 is 0 Å². The number of Topliss-reactive ketones (excluding diaryl/α,β-unsaturated/α-hetero) is 1. The number of ether oxygens (including phenoxy) is 1. The highest BCUT2D eigenvalue weighted by molar-refractivity contribution is 7.11. The molecule has 0 fully saturated rings. The summed E-state index contributed by atoms with van der Waals surface area (Å²) in [5, 5.41) is 9.13. The van der Waals surface area contributed by atoms with Crippen LogP contribution in [0, 0.1) is 11.3 Å². The molecule has 2 rings (SSSR count). The second-order valence-corrected chi connectivity index (χ2v) is 4.63. The van der Waals surface area contributed by atoms with E-state index in [0.717, 1.165) is 11.3 Å². The summed E-state index contributed by atoms with van der Waals surface area (Å²) >= 11 is 1.15. The van der Waals surface area contributed by atoms with Crippen molar-refractivity contribution in [2.75, 3.05) is 0 Å². The van der Waals surface area contributed by atoms with E-state index in [-0.39, 0.29) is 11.5 Å². The first-order valence-corrected chi connectivity index (χ1v) is 6.37. The SMILES string of the molecule is N#CC(C(=O)c1cncs1)c1ccc(OC(F)F)cc1. The Labute approximate surface area is 117 Å². The largest absolute Gasteiger partial charge is 0.435 e. The molecule has 0 saturated carbocycles. The van der Waals surface area contributed by atoms with E-state index in [4.69, 9.17) is 5.26 Å². The molecule has 2 aromatic rings. The summed E-state index contributed by atoms with van der Waals surface area (Å²) in [6, 6.07) is 7.34. The number of nitriles is 1. The number of carbonyl (C=O) groups excluding carboxylic acids is 1. The molecule has 1 unspecified atom stereocenters. The molecule has 0 spiro atoms. The Hall–Kier alpha value is -2.33. The van der Waals surface area contributed by atoms with Crippen LogP contribution in [0.3, 0.4) is 0 Å². The summed E-state index contributed by atoms with van der Waals surface area (Å²) in [6.07, 6.45) is 1.39. The molecule has 0 amide bonds. The summed E-state index contributed by atoms with van der Waals surface area (Å²) in [7, 11) is 0. The molecule has 1 aromatic heterocycles. The highest BCUT2D eigenvalue weighted by atomic mass is 32.1. The second-order valence-electron chi connectivity index (χ2n) is 3.74. The summed E-state index contributed by atoms with van der Waals surface area (Å²) in [6.45, 7) is -2.91. The van der Waals surface area contributed by atoms with Crippen LogP contribution >= 0.6 is 11.3 Å². The Bertz CT molecular complexity index is 621. The number of benzene rings is 1. The maximum Gasteiger partial charge on any atom is 0.387 e. The molecule has 4 nitrogen and oxygen atoms in total. The standard InChI is InChI=1S/C13H8F2N2O2S/c14-13(15)19-9-3-1-8(2-4-9)10(5-16)12(18)11-6-17-7-20-11/h1-4,6-7,10,13H. The van der Waals surface area contributed by atoms with Crippen molar-refractivity contribution < 1.29 is 18.3 Å². The number of hydrogen-bond acceptors (Lipinski definition) is 5. The molecule has 0 aliphatic carbocycles. The number of hydrogen-bond donors (Lipinski definition) is 0. The van der Waals surface area contributed by atoms with Crippen molar-refractivity contribution in [2.24, 2.45) is 0 Å². The predicted octanol–water partition coefficient (Wildman–Crippen LogP) is 3.23.